The predicted octanol–water partition coefficient (Wildman–Crippen LogP) is 0.882. The van der Waals surface area contributed by atoms with Crippen molar-refractivity contribution < 1.29 is 19.7 Å². The third-order valence-electron chi connectivity index (χ3n) is 3.35. The number of nitrogens with zero attached hydrogens (tertiary/aromatic N) is 1. The molecule has 0 aliphatic carbocycles. The van der Waals surface area contributed by atoms with Gasteiger partial charge in [-0.25, -0.2) is 0 Å². The summed E-state index contributed by atoms with van der Waals surface area (Å²) in [6, 6.07) is 4.93. The molecule has 0 atom stereocenters. The van der Waals surface area contributed by atoms with Gasteiger partial charge in [0.25, 0.3) is 5.91 Å². The van der Waals surface area contributed by atoms with Gasteiger partial charge in [0.1, 0.15) is 12.4 Å². The number of likely N-dealkylation sites (N-methyl/N-ethyl adjacent to an activating group) is 1. The molecule has 2 N–H and O–H groups in total. The van der Waals surface area contributed by atoms with Crippen molar-refractivity contribution in [1.29, 1.82) is 0 Å². The number of carbonyl (C=O) groups is 1. The SMILES string of the molecule is COc1ccc(C(=O)N(C)C(C)(C)CO)cc1C#CCO. The number of amides is 1. The maximum Gasteiger partial charge on any atom is 0.254 e. The molecule has 0 saturated carbocycles. The maximum atomic E-state index is 12.5. The fraction of sp³-hybridized carbons (Fsp3) is 0.438. The topological polar surface area (TPSA) is 70.0 Å². The fourth-order valence-corrected chi connectivity index (χ4v) is 1.65. The van der Waals surface area contributed by atoms with Crippen molar-refractivity contribution in [3.63, 3.8) is 0 Å². The van der Waals surface area contributed by atoms with Gasteiger partial charge in [0.15, 0.2) is 0 Å². The summed E-state index contributed by atoms with van der Waals surface area (Å²) >= 11 is 0. The van der Waals surface area contributed by atoms with E-state index in [-0.39, 0.29) is 19.1 Å². The molecule has 0 spiro atoms. The van der Waals surface area contributed by atoms with Crippen molar-refractivity contribution >= 4 is 5.91 Å². The number of aliphatic hydroxyl groups excluding tert-OH is 2. The summed E-state index contributed by atoms with van der Waals surface area (Å²) in [6.07, 6.45) is 0. The third-order valence-corrected chi connectivity index (χ3v) is 3.35. The molecule has 0 bridgehead atoms. The van der Waals surface area contributed by atoms with E-state index in [0.717, 1.165) is 0 Å². The average molecular weight is 291 g/mol. The van der Waals surface area contributed by atoms with Crippen LogP contribution in [-0.4, -0.2) is 53.9 Å². The molecular formula is C16H21NO4. The van der Waals surface area contributed by atoms with Crippen molar-refractivity contribution in [1.82, 2.24) is 4.90 Å². The zero-order valence-corrected chi connectivity index (χ0v) is 12.8. The molecule has 1 aromatic rings. The Morgan fingerprint density at radius 2 is 2.05 bits per heavy atom. The van der Waals surface area contributed by atoms with Crippen LogP contribution in [0.5, 0.6) is 5.75 Å². The highest BCUT2D eigenvalue weighted by atomic mass is 16.5. The first-order valence-corrected chi connectivity index (χ1v) is 6.54. The molecule has 5 nitrogen and oxygen atoms in total. The monoisotopic (exact) mass is 291 g/mol. The Kier molecular flexibility index (Phi) is 5.77. The van der Waals surface area contributed by atoms with E-state index in [1.54, 1.807) is 39.1 Å². The van der Waals surface area contributed by atoms with Gasteiger partial charge in [0.2, 0.25) is 0 Å². The smallest absolute Gasteiger partial charge is 0.254 e. The number of carbonyl (C=O) groups excluding carboxylic acids is 1. The van der Waals surface area contributed by atoms with Crippen LogP contribution in [0.1, 0.15) is 29.8 Å². The van der Waals surface area contributed by atoms with Gasteiger partial charge in [-0.2, -0.15) is 0 Å². The Labute approximate surface area is 125 Å². The van der Waals surface area contributed by atoms with Gasteiger partial charge in [-0.3, -0.25) is 4.79 Å². The van der Waals surface area contributed by atoms with Crippen LogP contribution in [0.3, 0.4) is 0 Å². The van der Waals surface area contributed by atoms with Crippen molar-refractivity contribution in [2.75, 3.05) is 27.4 Å². The van der Waals surface area contributed by atoms with Gasteiger partial charge in [0.05, 0.1) is 24.8 Å². The second-order valence-corrected chi connectivity index (χ2v) is 5.21. The molecule has 5 heteroatoms. The predicted molar refractivity (Wildman–Crippen MR) is 80.2 cm³/mol. The lowest BCUT2D eigenvalue weighted by Gasteiger charge is -2.34. The molecule has 0 saturated heterocycles. The van der Waals surface area contributed by atoms with E-state index >= 15 is 0 Å². The molecule has 0 fully saturated rings. The van der Waals surface area contributed by atoms with Crippen molar-refractivity contribution in [3.05, 3.63) is 29.3 Å². The summed E-state index contributed by atoms with van der Waals surface area (Å²) in [4.78, 5) is 13.9. The van der Waals surface area contributed by atoms with Crippen LogP contribution in [0.25, 0.3) is 0 Å². The van der Waals surface area contributed by atoms with Crippen LogP contribution in [-0.2, 0) is 0 Å². The number of hydrogen-bond donors (Lipinski definition) is 2. The van der Waals surface area contributed by atoms with Crippen LogP contribution < -0.4 is 4.74 Å². The number of benzene rings is 1. The Morgan fingerprint density at radius 1 is 1.38 bits per heavy atom. The standard InChI is InChI=1S/C16H21NO4/c1-16(2,11-19)17(3)15(20)13-7-8-14(21-4)12(10-13)6-5-9-18/h7-8,10,18-19H,9,11H2,1-4H3. The van der Waals surface area contributed by atoms with Crippen LogP contribution >= 0.6 is 0 Å². The lowest BCUT2D eigenvalue weighted by atomic mass is 10.0. The van der Waals surface area contributed by atoms with Crippen molar-refractivity contribution in [2.24, 2.45) is 0 Å². The summed E-state index contributed by atoms with van der Waals surface area (Å²) in [7, 11) is 3.16. The molecule has 1 amide bonds. The van der Waals surface area contributed by atoms with E-state index in [1.165, 1.54) is 12.0 Å². The Balaban J connectivity index is 3.17. The van der Waals surface area contributed by atoms with E-state index in [4.69, 9.17) is 9.84 Å². The largest absolute Gasteiger partial charge is 0.495 e. The summed E-state index contributed by atoms with van der Waals surface area (Å²) in [5, 5.41) is 18.1. The highest BCUT2D eigenvalue weighted by molar-refractivity contribution is 5.95. The van der Waals surface area contributed by atoms with Crippen LogP contribution in [0.15, 0.2) is 18.2 Å². The molecule has 0 unspecified atom stereocenters. The van der Waals surface area contributed by atoms with Crippen molar-refractivity contribution in [3.8, 4) is 17.6 Å². The third kappa shape index (κ3) is 3.97. The second kappa shape index (κ2) is 7.11. The molecule has 21 heavy (non-hydrogen) atoms. The molecule has 0 radical (unpaired) electrons. The zero-order chi connectivity index (χ0) is 16.0. The maximum absolute atomic E-state index is 12.5. The zero-order valence-electron chi connectivity index (χ0n) is 12.8. The Morgan fingerprint density at radius 3 is 2.57 bits per heavy atom. The normalized spacial score (nSPS) is 10.6. The molecule has 1 rings (SSSR count). The quantitative estimate of drug-likeness (QED) is 0.808. The number of hydrogen-bond acceptors (Lipinski definition) is 4. The first kappa shape index (κ1) is 17.0. The molecule has 0 heterocycles. The highest BCUT2D eigenvalue weighted by Gasteiger charge is 2.27. The van der Waals surface area contributed by atoms with Gasteiger partial charge < -0.3 is 19.8 Å². The highest BCUT2D eigenvalue weighted by Crippen LogP contribution is 2.21. The molecule has 0 aromatic heterocycles. The lowest BCUT2D eigenvalue weighted by Crippen LogP contribution is -2.47. The lowest BCUT2D eigenvalue weighted by molar-refractivity contribution is 0.0473. The minimum atomic E-state index is -0.659. The minimum Gasteiger partial charge on any atom is -0.495 e. The Bertz CT molecular complexity index is 569. The van der Waals surface area contributed by atoms with Gasteiger partial charge in [0, 0.05) is 12.6 Å². The molecule has 114 valence electrons. The van der Waals surface area contributed by atoms with E-state index in [9.17, 15) is 9.90 Å². The first-order valence-electron chi connectivity index (χ1n) is 6.54. The number of aliphatic hydroxyl groups is 2. The first-order chi connectivity index (χ1) is 9.87. The second-order valence-electron chi connectivity index (χ2n) is 5.21. The molecular weight excluding hydrogens is 270 g/mol. The molecule has 1 aromatic carbocycles. The van der Waals surface area contributed by atoms with Gasteiger partial charge >= 0.3 is 0 Å². The summed E-state index contributed by atoms with van der Waals surface area (Å²) in [5.41, 5.74) is 0.322. The van der Waals surface area contributed by atoms with Crippen LogP contribution in [0.2, 0.25) is 0 Å². The molecule has 0 aliphatic rings. The number of rotatable bonds is 4. The van der Waals surface area contributed by atoms with E-state index < -0.39 is 5.54 Å². The number of ether oxygens (including phenoxy) is 1. The van der Waals surface area contributed by atoms with Gasteiger partial charge in [-0.05, 0) is 32.0 Å². The van der Waals surface area contributed by atoms with Gasteiger partial charge in [-0.1, -0.05) is 11.8 Å². The summed E-state index contributed by atoms with van der Waals surface area (Å²) in [5.74, 6) is 5.61. The average Bonchev–Trinajstić information content (AvgIpc) is 2.50. The minimum absolute atomic E-state index is 0.136. The van der Waals surface area contributed by atoms with E-state index in [2.05, 4.69) is 11.8 Å². The van der Waals surface area contributed by atoms with Gasteiger partial charge in [-0.15, -0.1) is 0 Å². The van der Waals surface area contributed by atoms with Crippen LogP contribution in [0, 0.1) is 11.8 Å². The number of methoxy groups -OCH3 is 1. The van der Waals surface area contributed by atoms with E-state index in [0.29, 0.717) is 16.9 Å². The van der Waals surface area contributed by atoms with Crippen molar-refractivity contribution in [2.45, 2.75) is 19.4 Å². The fourth-order valence-electron chi connectivity index (χ4n) is 1.65. The van der Waals surface area contributed by atoms with E-state index in [1.807, 2.05) is 0 Å². The Hall–Kier alpha value is -2.03. The summed E-state index contributed by atoms with van der Waals surface area (Å²) < 4.78 is 5.18. The molecule has 0 aliphatic heterocycles. The van der Waals surface area contributed by atoms with Crippen LogP contribution in [0.4, 0.5) is 0 Å². The summed E-state index contributed by atoms with van der Waals surface area (Å²) in [6.45, 7) is 3.16.